The molecule has 1 aromatic carbocycles. The number of nitrogens with zero attached hydrogens (tertiary/aromatic N) is 4. The third-order valence-electron chi connectivity index (χ3n) is 4.33. The highest BCUT2D eigenvalue weighted by Gasteiger charge is 2.27. The molecule has 0 bridgehead atoms. The summed E-state index contributed by atoms with van der Waals surface area (Å²) in [6.07, 6.45) is 5.80. The van der Waals surface area contributed by atoms with Crippen LogP contribution in [0.5, 0.6) is 0 Å². The number of rotatable bonds is 3. The van der Waals surface area contributed by atoms with E-state index in [4.69, 9.17) is 0 Å². The van der Waals surface area contributed by atoms with Gasteiger partial charge in [0.1, 0.15) is 10.7 Å². The van der Waals surface area contributed by atoms with Gasteiger partial charge in [0.25, 0.3) is 5.91 Å². The third kappa shape index (κ3) is 2.97. The zero-order valence-corrected chi connectivity index (χ0v) is 14.0. The fourth-order valence-corrected chi connectivity index (χ4v) is 3.90. The quantitative estimate of drug-likeness (QED) is 0.734. The minimum absolute atomic E-state index is 0.0188. The molecule has 3 heterocycles. The molecule has 24 heavy (non-hydrogen) atoms. The molecule has 0 N–H and O–H groups in total. The molecule has 2 aromatic heterocycles. The Morgan fingerprint density at radius 3 is 2.88 bits per heavy atom. The van der Waals surface area contributed by atoms with Crippen molar-refractivity contribution in [3.63, 3.8) is 0 Å². The Morgan fingerprint density at radius 2 is 2.08 bits per heavy atom. The van der Waals surface area contributed by atoms with Crippen LogP contribution in [0.2, 0.25) is 0 Å². The molecule has 1 unspecified atom stereocenters. The van der Waals surface area contributed by atoms with Gasteiger partial charge in [0.15, 0.2) is 0 Å². The van der Waals surface area contributed by atoms with Crippen molar-refractivity contribution in [2.45, 2.75) is 18.9 Å². The fourth-order valence-electron chi connectivity index (χ4n) is 3.10. The van der Waals surface area contributed by atoms with Gasteiger partial charge in [-0.2, -0.15) is 5.10 Å². The molecule has 6 heteroatoms. The van der Waals surface area contributed by atoms with Crippen molar-refractivity contribution in [2.75, 3.05) is 13.1 Å². The van der Waals surface area contributed by atoms with Crippen LogP contribution in [-0.4, -0.2) is 38.7 Å². The summed E-state index contributed by atoms with van der Waals surface area (Å²) in [5.74, 6) is 0.0188. The number of aromatic nitrogens is 3. The van der Waals surface area contributed by atoms with Crippen molar-refractivity contribution in [1.29, 1.82) is 0 Å². The molecule has 1 amide bonds. The maximum atomic E-state index is 12.8. The lowest BCUT2D eigenvalue weighted by atomic mass is 10.1. The molecule has 4 rings (SSSR count). The molecule has 5 nitrogen and oxygen atoms in total. The fraction of sp³-hybridized carbons (Fsp3) is 0.278. The second kappa shape index (κ2) is 6.57. The van der Waals surface area contributed by atoms with Crippen LogP contribution in [0.4, 0.5) is 0 Å². The van der Waals surface area contributed by atoms with Gasteiger partial charge in [-0.3, -0.25) is 9.48 Å². The molecule has 0 spiro atoms. The van der Waals surface area contributed by atoms with Crippen LogP contribution in [-0.2, 0) is 0 Å². The molecular weight excluding hydrogens is 320 g/mol. The summed E-state index contributed by atoms with van der Waals surface area (Å²) in [7, 11) is 0. The summed E-state index contributed by atoms with van der Waals surface area (Å²) in [5.41, 5.74) is 1.59. The summed E-state index contributed by atoms with van der Waals surface area (Å²) in [5, 5.41) is 7.07. The van der Waals surface area contributed by atoms with Crippen LogP contribution in [0.3, 0.4) is 0 Å². The van der Waals surface area contributed by atoms with E-state index in [1.165, 1.54) is 11.3 Å². The van der Waals surface area contributed by atoms with Gasteiger partial charge in [-0.05, 0) is 18.9 Å². The van der Waals surface area contributed by atoms with E-state index in [2.05, 4.69) is 10.1 Å². The number of thiazole rings is 1. The Kier molecular flexibility index (Phi) is 4.13. The second-order valence-corrected chi connectivity index (χ2v) is 6.80. The number of benzene rings is 1. The van der Waals surface area contributed by atoms with E-state index >= 15 is 0 Å². The molecule has 0 radical (unpaired) electrons. The number of piperidine rings is 1. The zero-order chi connectivity index (χ0) is 16.4. The van der Waals surface area contributed by atoms with Crippen LogP contribution in [0.15, 0.2) is 54.2 Å². The van der Waals surface area contributed by atoms with Crippen molar-refractivity contribution in [3.05, 3.63) is 59.9 Å². The van der Waals surface area contributed by atoms with Crippen LogP contribution >= 0.6 is 11.3 Å². The number of hydrogen-bond acceptors (Lipinski definition) is 4. The standard InChI is InChI=1S/C18H18N4OS/c23-18(16-13-24-17(20-16)14-6-2-1-3-7-14)21-10-4-8-15(12-21)22-11-5-9-19-22/h1-3,5-7,9,11,13,15H,4,8,10,12H2. The highest BCUT2D eigenvalue weighted by Crippen LogP contribution is 2.26. The maximum absolute atomic E-state index is 12.8. The monoisotopic (exact) mass is 338 g/mol. The topological polar surface area (TPSA) is 51.0 Å². The van der Waals surface area contributed by atoms with E-state index in [1.54, 1.807) is 6.20 Å². The molecule has 3 aromatic rings. The highest BCUT2D eigenvalue weighted by molar-refractivity contribution is 7.13. The van der Waals surface area contributed by atoms with E-state index in [-0.39, 0.29) is 11.9 Å². The van der Waals surface area contributed by atoms with Crippen molar-refractivity contribution >= 4 is 17.2 Å². The zero-order valence-electron chi connectivity index (χ0n) is 13.2. The smallest absolute Gasteiger partial charge is 0.273 e. The van der Waals surface area contributed by atoms with Gasteiger partial charge in [-0.25, -0.2) is 4.98 Å². The molecule has 1 saturated heterocycles. The van der Waals surface area contributed by atoms with Crippen molar-refractivity contribution in [1.82, 2.24) is 19.7 Å². The summed E-state index contributed by atoms with van der Waals surface area (Å²) in [6, 6.07) is 12.2. The molecule has 122 valence electrons. The summed E-state index contributed by atoms with van der Waals surface area (Å²) >= 11 is 1.52. The largest absolute Gasteiger partial charge is 0.335 e. The van der Waals surface area contributed by atoms with Crippen molar-refractivity contribution in [2.24, 2.45) is 0 Å². The Balaban J connectivity index is 1.50. The Bertz CT molecular complexity index is 813. The van der Waals surface area contributed by atoms with E-state index in [0.717, 1.165) is 30.0 Å². The maximum Gasteiger partial charge on any atom is 0.273 e. The Hall–Kier alpha value is -2.47. The lowest BCUT2D eigenvalue weighted by molar-refractivity contribution is 0.0668. The SMILES string of the molecule is O=C(c1csc(-c2ccccc2)n1)N1CCCC(n2cccn2)C1. The minimum Gasteiger partial charge on any atom is -0.335 e. The highest BCUT2D eigenvalue weighted by atomic mass is 32.1. The summed E-state index contributed by atoms with van der Waals surface area (Å²) in [4.78, 5) is 19.3. The molecule has 1 atom stereocenters. The normalized spacial score (nSPS) is 17.8. The number of carbonyl (C=O) groups is 1. The number of carbonyl (C=O) groups excluding carboxylic acids is 1. The van der Waals surface area contributed by atoms with Gasteiger partial charge in [0.05, 0.1) is 6.04 Å². The Labute approximate surface area is 144 Å². The minimum atomic E-state index is 0.0188. The molecule has 1 aliphatic heterocycles. The van der Waals surface area contributed by atoms with Gasteiger partial charge in [0.2, 0.25) is 0 Å². The van der Waals surface area contributed by atoms with Gasteiger partial charge < -0.3 is 4.90 Å². The van der Waals surface area contributed by atoms with Crippen molar-refractivity contribution < 1.29 is 4.79 Å². The first kappa shape index (κ1) is 15.1. The van der Waals surface area contributed by atoms with E-state index in [1.807, 2.05) is 57.6 Å². The average molecular weight is 338 g/mol. The molecule has 0 aliphatic carbocycles. The van der Waals surface area contributed by atoms with Gasteiger partial charge in [-0.15, -0.1) is 11.3 Å². The first-order valence-electron chi connectivity index (χ1n) is 8.10. The summed E-state index contributed by atoms with van der Waals surface area (Å²) < 4.78 is 1.95. The van der Waals surface area contributed by atoms with Crippen LogP contribution < -0.4 is 0 Å². The van der Waals surface area contributed by atoms with E-state index in [0.29, 0.717) is 12.2 Å². The van der Waals surface area contributed by atoms with Crippen molar-refractivity contribution in [3.8, 4) is 10.6 Å². The third-order valence-corrected chi connectivity index (χ3v) is 5.22. The first-order chi connectivity index (χ1) is 11.8. The molecule has 0 saturated carbocycles. The molecule has 1 aliphatic rings. The van der Waals surface area contributed by atoms with Crippen LogP contribution in [0, 0.1) is 0 Å². The number of hydrogen-bond donors (Lipinski definition) is 0. The van der Waals surface area contributed by atoms with E-state index in [9.17, 15) is 4.79 Å². The predicted octanol–water partition coefficient (Wildman–Crippen LogP) is 3.48. The predicted molar refractivity (Wildman–Crippen MR) is 94.0 cm³/mol. The number of likely N-dealkylation sites (tertiary alicyclic amines) is 1. The van der Waals surface area contributed by atoms with Gasteiger partial charge in [-0.1, -0.05) is 30.3 Å². The van der Waals surface area contributed by atoms with Gasteiger partial charge >= 0.3 is 0 Å². The first-order valence-corrected chi connectivity index (χ1v) is 8.98. The van der Waals surface area contributed by atoms with Gasteiger partial charge in [0, 0.05) is 36.4 Å². The average Bonchev–Trinajstić information content (AvgIpc) is 3.34. The molecular formula is C18H18N4OS. The second-order valence-electron chi connectivity index (χ2n) is 5.94. The molecule has 1 fully saturated rings. The Morgan fingerprint density at radius 1 is 1.21 bits per heavy atom. The number of amides is 1. The van der Waals surface area contributed by atoms with Crippen LogP contribution in [0.25, 0.3) is 10.6 Å². The van der Waals surface area contributed by atoms with Crippen LogP contribution in [0.1, 0.15) is 29.4 Å². The van der Waals surface area contributed by atoms with E-state index < -0.39 is 0 Å². The lowest BCUT2D eigenvalue weighted by Gasteiger charge is -2.32. The summed E-state index contributed by atoms with van der Waals surface area (Å²) in [6.45, 7) is 1.48. The lowest BCUT2D eigenvalue weighted by Crippen LogP contribution is -2.41.